The standard InChI is InChI=1S/C17H14F2N2O2/c1-11(22)12-2-3-13(10-20)16(8-12)21-6-7-23-17-5-4-14(18)9-15(17)19/h2-5,8-9,21H,6-7H2,1H3. The summed E-state index contributed by atoms with van der Waals surface area (Å²) in [6, 6.07) is 9.80. The number of nitrogens with one attached hydrogen (secondary N) is 1. The minimum atomic E-state index is -0.777. The van der Waals surface area contributed by atoms with Crippen molar-refractivity contribution in [3.05, 3.63) is 59.2 Å². The van der Waals surface area contributed by atoms with Gasteiger partial charge >= 0.3 is 0 Å². The molecule has 0 saturated carbocycles. The van der Waals surface area contributed by atoms with Gasteiger partial charge in [0, 0.05) is 18.2 Å². The average molecular weight is 316 g/mol. The van der Waals surface area contributed by atoms with E-state index in [9.17, 15) is 13.6 Å². The first-order chi connectivity index (χ1) is 11.0. The molecule has 0 aromatic heterocycles. The van der Waals surface area contributed by atoms with E-state index in [4.69, 9.17) is 10.00 Å². The first kappa shape index (κ1) is 16.4. The number of Topliss-reactive ketones (excluding diaryl/α,β-unsaturated/α-hetero) is 1. The summed E-state index contributed by atoms with van der Waals surface area (Å²) >= 11 is 0. The second kappa shape index (κ2) is 7.36. The van der Waals surface area contributed by atoms with Crippen LogP contribution in [0.1, 0.15) is 22.8 Å². The Morgan fingerprint density at radius 3 is 2.70 bits per heavy atom. The first-order valence-corrected chi connectivity index (χ1v) is 6.88. The van der Waals surface area contributed by atoms with Gasteiger partial charge in [0.05, 0.1) is 11.3 Å². The van der Waals surface area contributed by atoms with Crippen molar-refractivity contribution >= 4 is 11.5 Å². The van der Waals surface area contributed by atoms with Crippen LogP contribution in [0.5, 0.6) is 5.75 Å². The van der Waals surface area contributed by atoms with E-state index in [1.54, 1.807) is 18.2 Å². The number of halogens is 2. The highest BCUT2D eigenvalue weighted by atomic mass is 19.1. The minimum Gasteiger partial charge on any atom is -0.489 e. The normalized spacial score (nSPS) is 10.0. The molecule has 0 aliphatic heterocycles. The summed E-state index contributed by atoms with van der Waals surface area (Å²) in [6.45, 7) is 1.83. The molecule has 0 atom stereocenters. The number of nitriles is 1. The van der Waals surface area contributed by atoms with Crippen molar-refractivity contribution in [2.75, 3.05) is 18.5 Å². The van der Waals surface area contributed by atoms with Crippen LogP contribution in [0.2, 0.25) is 0 Å². The van der Waals surface area contributed by atoms with Gasteiger partial charge in [-0.3, -0.25) is 4.79 Å². The molecule has 1 N–H and O–H groups in total. The number of benzene rings is 2. The van der Waals surface area contributed by atoms with Crippen molar-refractivity contribution in [2.24, 2.45) is 0 Å². The van der Waals surface area contributed by atoms with Crippen molar-refractivity contribution in [2.45, 2.75) is 6.92 Å². The first-order valence-electron chi connectivity index (χ1n) is 6.88. The van der Waals surface area contributed by atoms with Gasteiger partial charge in [-0.15, -0.1) is 0 Å². The lowest BCUT2D eigenvalue weighted by Crippen LogP contribution is -2.13. The second-order valence-corrected chi connectivity index (χ2v) is 4.78. The lowest BCUT2D eigenvalue weighted by atomic mass is 10.1. The summed E-state index contributed by atoms with van der Waals surface area (Å²) in [5, 5.41) is 12.0. The summed E-state index contributed by atoms with van der Waals surface area (Å²) in [5.74, 6) is -1.61. The van der Waals surface area contributed by atoms with Gasteiger partial charge in [0.15, 0.2) is 17.3 Å². The predicted octanol–water partition coefficient (Wildman–Crippen LogP) is 3.53. The fourth-order valence-corrected chi connectivity index (χ4v) is 1.95. The Bertz CT molecular complexity index is 770. The van der Waals surface area contributed by atoms with Gasteiger partial charge in [0.2, 0.25) is 0 Å². The number of rotatable bonds is 6. The molecule has 0 fully saturated rings. The van der Waals surface area contributed by atoms with Crippen LogP contribution in [-0.4, -0.2) is 18.9 Å². The van der Waals surface area contributed by atoms with Crippen molar-refractivity contribution in [1.82, 2.24) is 0 Å². The van der Waals surface area contributed by atoms with Gasteiger partial charge < -0.3 is 10.1 Å². The van der Waals surface area contributed by atoms with E-state index < -0.39 is 11.6 Å². The van der Waals surface area contributed by atoms with Gasteiger partial charge in [0.25, 0.3) is 0 Å². The third-order valence-corrected chi connectivity index (χ3v) is 3.12. The summed E-state index contributed by atoms with van der Waals surface area (Å²) in [4.78, 5) is 11.4. The molecule has 2 aromatic carbocycles. The lowest BCUT2D eigenvalue weighted by Gasteiger charge is -2.11. The largest absolute Gasteiger partial charge is 0.489 e. The Labute approximate surface area is 132 Å². The van der Waals surface area contributed by atoms with E-state index in [1.807, 2.05) is 6.07 Å². The predicted molar refractivity (Wildman–Crippen MR) is 81.5 cm³/mol. The Morgan fingerprint density at radius 1 is 1.26 bits per heavy atom. The third-order valence-electron chi connectivity index (χ3n) is 3.12. The number of carbonyl (C=O) groups excluding carboxylic acids is 1. The molecule has 0 unspecified atom stereocenters. The highest BCUT2D eigenvalue weighted by molar-refractivity contribution is 5.95. The quantitative estimate of drug-likeness (QED) is 0.654. The molecule has 0 amide bonds. The topological polar surface area (TPSA) is 62.1 Å². The van der Waals surface area contributed by atoms with Crippen LogP contribution in [-0.2, 0) is 0 Å². The average Bonchev–Trinajstić information content (AvgIpc) is 2.52. The Kier molecular flexibility index (Phi) is 5.26. The molecule has 0 saturated heterocycles. The van der Waals surface area contributed by atoms with Crippen LogP contribution in [0.3, 0.4) is 0 Å². The van der Waals surface area contributed by atoms with Crippen LogP contribution < -0.4 is 10.1 Å². The molecule has 0 bridgehead atoms. The van der Waals surface area contributed by atoms with Crippen LogP contribution >= 0.6 is 0 Å². The molecule has 0 aliphatic carbocycles. The van der Waals surface area contributed by atoms with Crippen molar-refractivity contribution < 1.29 is 18.3 Å². The van der Waals surface area contributed by atoms with Crippen molar-refractivity contribution in [3.63, 3.8) is 0 Å². The molecule has 0 aliphatic rings. The molecular formula is C17H14F2N2O2. The molecule has 4 nitrogen and oxygen atoms in total. The van der Waals surface area contributed by atoms with E-state index in [1.165, 1.54) is 13.0 Å². The minimum absolute atomic E-state index is 0.0498. The van der Waals surface area contributed by atoms with Gasteiger partial charge in [-0.25, -0.2) is 8.78 Å². The number of hydrogen-bond donors (Lipinski definition) is 1. The van der Waals surface area contributed by atoms with E-state index in [2.05, 4.69) is 5.32 Å². The molecule has 0 heterocycles. The maximum atomic E-state index is 13.4. The summed E-state index contributed by atoms with van der Waals surface area (Å²) in [7, 11) is 0. The Morgan fingerprint density at radius 2 is 2.04 bits per heavy atom. The number of nitrogens with zero attached hydrogens (tertiary/aromatic N) is 1. The fraction of sp³-hybridized carbons (Fsp3) is 0.176. The van der Waals surface area contributed by atoms with Crippen LogP contribution in [0.25, 0.3) is 0 Å². The zero-order chi connectivity index (χ0) is 16.8. The van der Waals surface area contributed by atoms with Crippen LogP contribution in [0.4, 0.5) is 14.5 Å². The molecule has 6 heteroatoms. The highest BCUT2D eigenvalue weighted by Gasteiger charge is 2.07. The van der Waals surface area contributed by atoms with E-state index in [0.29, 0.717) is 16.8 Å². The van der Waals surface area contributed by atoms with Gasteiger partial charge in [-0.05, 0) is 37.3 Å². The highest BCUT2D eigenvalue weighted by Crippen LogP contribution is 2.19. The molecule has 2 rings (SSSR count). The van der Waals surface area contributed by atoms with Crippen LogP contribution in [0, 0.1) is 23.0 Å². The summed E-state index contributed by atoms with van der Waals surface area (Å²) in [5.41, 5.74) is 1.38. The van der Waals surface area contributed by atoms with E-state index in [-0.39, 0.29) is 24.7 Å². The Hall–Kier alpha value is -2.94. The van der Waals surface area contributed by atoms with E-state index in [0.717, 1.165) is 12.1 Å². The summed E-state index contributed by atoms with van der Waals surface area (Å²) in [6.07, 6.45) is 0. The number of ether oxygens (including phenoxy) is 1. The molecule has 0 spiro atoms. The molecule has 2 aromatic rings. The molecule has 23 heavy (non-hydrogen) atoms. The number of anilines is 1. The van der Waals surface area contributed by atoms with Gasteiger partial charge in [-0.2, -0.15) is 5.26 Å². The molecule has 0 radical (unpaired) electrons. The fourth-order valence-electron chi connectivity index (χ4n) is 1.95. The molecule has 118 valence electrons. The smallest absolute Gasteiger partial charge is 0.167 e. The van der Waals surface area contributed by atoms with Crippen LogP contribution in [0.15, 0.2) is 36.4 Å². The van der Waals surface area contributed by atoms with Crippen molar-refractivity contribution in [3.8, 4) is 11.8 Å². The monoisotopic (exact) mass is 316 g/mol. The van der Waals surface area contributed by atoms with Gasteiger partial charge in [-0.1, -0.05) is 0 Å². The SMILES string of the molecule is CC(=O)c1ccc(C#N)c(NCCOc2ccc(F)cc2F)c1. The van der Waals surface area contributed by atoms with E-state index >= 15 is 0 Å². The maximum Gasteiger partial charge on any atom is 0.167 e. The molecular weight excluding hydrogens is 302 g/mol. The zero-order valence-corrected chi connectivity index (χ0v) is 12.4. The zero-order valence-electron chi connectivity index (χ0n) is 12.4. The third kappa shape index (κ3) is 4.27. The second-order valence-electron chi connectivity index (χ2n) is 4.78. The number of hydrogen-bond acceptors (Lipinski definition) is 4. The number of carbonyl (C=O) groups is 1. The van der Waals surface area contributed by atoms with Gasteiger partial charge in [0.1, 0.15) is 18.5 Å². The lowest BCUT2D eigenvalue weighted by molar-refractivity contribution is 0.101. The number of ketones is 1. The van der Waals surface area contributed by atoms with Crippen molar-refractivity contribution in [1.29, 1.82) is 5.26 Å². The summed E-state index contributed by atoms with van der Waals surface area (Å²) < 4.78 is 31.4. The Balaban J connectivity index is 1.97. The maximum absolute atomic E-state index is 13.4.